The van der Waals surface area contributed by atoms with Gasteiger partial charge >= 0.3 is 0 Å². The lowest BCUT2D eigenvalue weighted by Gasteiger charge is -2.08. The van der Waals surface area contributed by atoms with Crippen LogP contribution in [-0.2, 0) is 13.6 Å². The highest BCUT2D eigenvalue weighted by Gasteiger charge is 2.10. The zero-order valence-electron chi connectivity index (χ0n) is 10.8. The number of pyridine rings is 1. The van der Waals surface area contributed by atoms with Gasteiger partial charge in [0.1, 0.15) is 5.52 Å². The zero-order valence-corrected chi connectivity index (χ0v) is 11.5. The van der Waals surface area contributed by atoms with Crippen molar-refractivity contribution in [1.82, 2.24) is 14.8 Å². The molecular formula is C14H12ClFN4. The Hall–Kier alpha value is -2.14. The summed E-state index contributed by atoms with van der Waals surface area (Å²) in [6.45, 7) is 0.497. The summed E-state index contributed by atoms with van der Waals surface area (Å²) in [5, 5.41) is 8.21. The van der Waals surface area contributed by atoms with Gasteiger partial charge in [0.2, 0.25) is 0 Å². The zero-order chi connectivity index (χ0) is 14.1. The smallest absolute Gasteiger partial charge is 0.172 e. The summed E-state index contributed by atoms with van der Waals surface area (Å²) in [5.74, 6) is -0.395. The molecule has 2 aromatic heterocycles. The molecule has 0 radical (unpaired) electrons. The third-order valence-corrected chi connectivity index (χ3v) is 3.37. The molecule has 0 saturated carbocycles. The van der Waals surface area contributed by atoms with Crippen molar-refractivity contribution in [2.75, 3.05) is 5.32 Å². The van der Waals surface area contributed by atoms with Crippen LogP contribution in [0.2, 0.25) is 5.02 Å². The van der Waals surface area contributed by atoms with E-state index in [2.05, 4.69) is 15.4 Å². The highest BCUT2D eigenvalue weighted by atomic mass is 35.5. The minimum Gasteiger partial charge on any atom is -0.378 e. The van der Waals surface area contributed by atoms with Crippen molar-refractivity contribution in [2.24, 2.45) is 7.05 Å². The molecule has 2 heterocycles. The molecule has 0 fully saturated rings. The summed E-state index contributed by atoms with van der Waals surface area (Å²) in [5.41, 5.74) is 1.65. The second-order valence-corrected chi connectivity index (χ2v) is 4.90. The van der Waals surface area contributed by atoms with Gasteiger partial charge in [0.15, 0.2) is 5.82 Å². The van der Waals surface area contributed by atoms with Gasteiger partial charge in [-0.1, -0.05) is 11.6 Å². The number of nitrogens with one attached hydrogen (secondary N) is 1. The average Bonchev–Trinajstić information content (AvgIpc) is 2.85. The molecule has 3 aromatic rings. The first-order valence-corrected chi connectivity index (χ1v) is 6.47. The molecule has 0 aliphatic rings. The van der Waals surface area contributed by atoms with Crippen LogP contribution < -0.4 is 5.32 Å². The van der Waals surface area contributed by atoms with Gasteiger partial charge in [-0.05, 0) is 18.2 Å². The first kappa shape index (κ1) is 12.9. The number of anilines is 1. The van der Waals surface area contributed by atoms with E-state index in [1.807, 2.05) is 13.2 Å². The highest BCUT2D eigenvalue weighted by Crippen LogP contribution is 2.28. The van der Waals surface area contributed by atoms with Crippen LogP contribution >= 0.6 is 11.6 Å². The van der Waals surface area contributed by atoms with Crippen LogP contribution in [0.3, 0.4) is 0 Å². The number of rotatable bonds is 3. The Labute approximate surface area is 120 Å². The molecule has 0 saturated heterocycles. The van der Waals surface area contributed by atoms with Crippen LogP contribution in [0.4, 0.5) is 10.1 Å². The topological polar surface area (TPSA) is 42.7 Å². The lowest BCUT2D eigenvalue weighted by molar-refractivity contribution is 0.639. The summed E-state index contributed by atoms with van der Waals surface area (Å²) < 4.78 is 16.1. The Morgan fingerprint density at radius 1 is 1.35 bits per heavy atom. The molecule has 0 unspecified atom stereocenters. The van der Waals surface area contributed by atoms with Crippen molar-refractivity contribution in [3.8, 4) is 0 Å². The second kappa shape index (κ2) is 5.09. The number of halogens is 2. The fraction of sp³-hybridized carbons (Fsp3) is 0.143. The van der Waals surface area contributed by atoms with E-state index in [0.717, 1.165) is 5.56 Å². The fourth-order valence-corrected chi connectivity index (χ4v) is 2.26. The van der Waals surface area contributed by atoms with Crippen LogP contribution in [0.1, 0.15) is 5.56 Å². The summed E-state index contributed by atoms with van der Waals surface area (Å²) in [7, 11) is 1.84. The van der Waals surface area contributed by atoms with Gasteiger partial charge in [-0.2, -0.15) is 5.10 Å². The summed E-state index contributed by atoms with van der Waals surface area (Å²) in [6, 6.07) is 5.08. The van der Waals surface area contributed by atoms with Gasteiger partial charge < -0.3 is 5.32 Å². The largest absolute Gasteiger partial charge is 0.378 e. The average molecular weight is 291 g/mol. The minimum absolute atomic E-state index is 0.272. The minimum atomic E-state index is -0.395. The van der Waals surface area contributed by atoms with E-state index in [1.54, 1.807) is 29.1 Å². The molecule has 4 nitrogen and oxygen atoms in total. The Morgan fingerprint density at radius 2 is 2.20 bits per heavy atom. The van der Waals surface area contributed by atoms with Gasteiger partial charge in [0.25, 0.3) is 0 Å². The highest BCUT2D eigenvalue weighted by molar-refractivity contribution is 6.35. The maximum absolute atomic E-state index is 14.4. The first-order valence-electron chi connectivity index (χ1n) is 6.09. The van der Waals surface area contributed by atoms with Gasteiger partial charge in [-0.15, -0.1) is 0 Å². The summed E-state index contributed by atoms with van der Waals surface area (Å²) >= 11 is 6.02. The molecule has 3 rings (SSSR count). The maximum Gasteiger partial charge on any atom is 0.172 e. The molecule has 0 bridgehead atoms. The molecule has 20 heavy (non-hydrogen) atoms. The lowest BCUT2D eigenvalue weighted by Crippen LogP contribution is -2.01. The predicted molar refractivity (Wildman–Crippen MR) is 77.2 cm³/mol. The van der Waals surface area contributed by atoms with E-state index in [1.165, 1.54) is 6.20 Å². The van der Waals surface area contributed by atoms with Crippen molar-refractivity contribution in [2.45, 2.75) is 6.54 Å². The van der Waals surface area contributed by atoms with Gasteiger partial charge in [-0.3, -0.25) is 9.67 Å². The van der Waals surface area contributed by atoms with Crippen molar-refractivity contribution in [1.29, 1.82) is 0 Å². The Bertz CT molecular complexity index is 769. The normalized spacial score (nSPS) is 10.9. The van der Waals surface area contributed by atoms with Crippen LogP contribution in [0, 0.1) is 5.82 Å². The number of hydrogen-bond acceptors (Lipinski definition) is 3. The van der Waals surface area contributed by atoms with Crippen molar-refractivity contribution in [3.05, 3.63) is 53.2 Å². The number of nitrogens with zero attached hydrogens (tertiary/aromatic N) is 3. The van der Waals surface area contributed by atoms with Crippen molar-refractivity contribution in [3.63, 3.8) is 0 Å². The standard InChI is InChI=1S/C14H12ClFN4/c1-20-8-9(7-19-20)6-18-12-3-2-10-11(15)4-5-17-14(10)13(12)16/h2-5,7-8,18H,6H2,1H3. The number of benzene rings is 1. The number of aryl methyl sites for hydroxylation is 1. The molecule has 0 spiro atoms. The van der Waals surface area contributed by atoms with E-state index < -0.39 is 5.82 Å². The van der Waals surface area contributed by atoms with E-state index in [0.29, 0.717) is 22.6 Å². The van der Waals surface area contributed by atoms with Gasteiger partial charge in [-0.25, -0.2) is 4.39 Å². The third-order valence-electron chi connectivity index (χ3n) is 3.04. The monoisotopic (exact) mass is 290 g/mol. The number of aromatic nitrogens is 3. The molecule has 102 valence electrons. The van der Waals surface area contributed by atoms with Crippen molar-refractivity contribution >= 4 is 28.2 Å². The summed E-state index contributed by atoms with van der Waals surface area (Å²) in [4.78, 5) is 4.05. The predicted octanol–water partition coefficient (Wildman–Crippen LogP) is 3.37. The SMILES string of the molecule is Cn1cc(CNc2ccc3c(Cl)ccnc3c2F)cn1. The van der Waals surface area contributed by atoms with Gasteiger partial charge in [0.05, 0.1) is 16.9 Å². The molecule has 0 aliphatic heterocycles. The molecule has 0 aliphatic carbocycles. The third kappa shape index (κ3) is 2.32. The second-order valence-electron chi connectivity index (χ2n) is 4.49. The van der Waals surface area contributed by atoms with E-state index in [9.17, 15) is 4.39 Å². The van der Waals surface area contributed by atoms with Crippen LogP contribution in [0.5, 0.6) is 0 Å². The molecule has 0 amide bonds. The van der Waals surface area contributed by atoms with E-state index in [4.69, 9.17) is 11.6 Å². The lowest BCUT2D eigenvalue weighted by atomic mass is 10.2. The van der Waals surface area contributed by atoms with Crippen LogP contribution in [0.15, 0.2) is 36.8 Å². The Kier molecular flexibility index (Phi) is 3.28. The van der Waals surface area contributed by atoms with E-state index >= 15 is 0 Å². The molecular weight excluding hydrogens is 279 g/mol. The Balaban J connectivity index is 1.90. The molecule has 6 heteroatoms. The summed E-state index contributed by atoms with van der Waals surface area (Å²) in [6.07, 6.45) is 5.11. The van der Waals surface area contributed by atoms with Crippen LogP contribution in [0.25, 0.3) is 10.9 Å². The molecule has 0 atom stereocenters. The number of hydrogen-bond donors (Lipinski definition) is 1. The first-order chi connectivity index (χ1) is 9.65. The van der Waals surface area contributed by atoms with Gasteiger partial charge in [0, 0.05) is 36.9 Å². The maximum atomic E-state index is 14.4. The quantitative estimate of drug-likeness (QED) is 0.804. The number of fused-ring (bicyclic) bond motifs is 1. The molecule has 1 aromatic carbocycles. The van der Waals surface area contributed by atoms with E-state index in [-0.39, 0.29) is 5.52 Å². The van der Waals surface area contributed by atoms with Crippen LogP contribution in [-0.4, -0.2) is 14.8 Å². The molecule has 1 N–H and O–H groups in total. The van der Waals surface area contributed by atoms with Crippen molar-refractivity contribution < 1.29 is 4.39 Å². The Morgan fingerprint density at radius 3 is 2.95 bits per heavy atom. The fourth-order valence-electron chi connectivity index (χ4n) is 2.05.